The van der Waals surface area contributed by atoms with E-state index < -0.39 is 5.72 Å². The predicted octanol–water partition coefficient (Wildman–Crippen LogP) is 3.32. The van der Waals surface area contributed by atoms with Crippen molar-refractivity contribution in [3.8, 4) is 11.4 Å². The van der Waals surface area contributed by atoms with Crippen molar-refractivity contribution in [3.05, 3.63) is 48.1 Å². The van der Waals surface area contributed by atoms with Gasteiger partial charge in [0.25, 0.3) is 0 Å². The van der Waals surface area contributed by atoms with Crippen LogP contribution in [-0.2, 0) is 9.57 Å². The summed E-state index contributed by atoms with van der Waals surface area (Å²) in [5.41, 5.74) is 1.97. The zero-order chi connectivity index (χ0) is 19.4. The van der Waals surface area contributed by atoms with Crippen LogP contribution in [0.25, 0.3) is 11.8 Å². The number of oxime groups is 1. The van der Waals surface area contributed by atoms with Crippen molar-refractivity contribution in [1.82, 2.24) is 14.5 Å². The first-order valence-electron chi connectivity index (χ1n) is 8.95. The molecule has 0 aliphatic carbocycles. The van der Waals surface area contributed by atoms with Crippen molar-refractivity contribution >= 4 is 11.9 Å². The van der Waals surface area contributed by atoms with Gasteiger partial charge in [0.05, 0.1) is 17.7 Å². The van der Waals surface area contributed by atoms with Crippen LogP contribution in [0.15, 0.2) is 42.0 Å². The Morgan fingerprint density at radius 2 is 2.11 bits per heavy atom. The molecule has 3 rings (SSSR count). The molecule has 2 aromatic rings. The Balaban J connectivity index is 1.74. The zero-order valence-electron chi connectivity index (χ0n) is 16.2. The van der Waals surface area contributed by atoms with E-state index in [-0.39, 0.29) is 5.75 Å². The molecule has 0 spiro atoms. The van der Waals surface area contributed by atoms with Crippen molar-refractivity contribution in [1.29, 1.82) is 0 Å². The van der Waals surface area contributed by atoms with Gasteiger partial charge < -0.3 is 24.1 Å². The van der Waals surface area contributed by atoms with Crippen molar-refractivity contribution in [2.45, 2.75) is 32.9 Å². The highest BCUT2D eigenvalue weighted by Crippen LogP contribution is 2.26. The molecule has 0 radical (unpaired) electrons. The minimum absolute atomic E-state index is 0.191. The number of amidine groups is 1. The minimum atomic E-state index is -0.487. The number of phenolic OH excluding ortho intramolecular Hbond substituents is 1. The van der Waals surface area contributed by atoms with Crippen LogP contribution in [0.3, 0.4) is 0 Å². The summed E-state index contributed by atoms with van der Waals surface area (Å²) in [4.78, 5) is 11.8. The van der Waals surface area contributed by atoms with Gasteiger partial charge in [0, 0.05) is 26.5 Å². The molecule has 7 heteroatoms. The molecule has 0 amide bonds. The van der Waals surface area contributed by atoms with Gasteiger partial charge in [-0.2, -0.15) is 0 Å². The highest BCUT2D eigenvalue weighted by atomic mass is 16.7. The fourth-order valence-corrected chi connectivity index (χ4v) is 2.99. The Bertz CT molecular complexity index is 855. The maximum Gasteiger partial charge on any atom is 0.205 e. The number of aromatic hydroxyl groups is 1. The average molecular weight is 370 g/mol. The summed E-state index contributed by atoms with van der Waals surface area (Å²) in [7, 11) is 1.70. The molecule has 1 aliphatic heterocycles. The number of imidazole rings is 1. The summed E-state index contributed by atoms with van der Waals surface area (Å²) >= 11 is 0. The van der Waals surface area contributed by atoms with E-state index in [1.165, 1.54) is 0 Å². The summed E-state index contributed by atoms with van der Waals surface area (Å²) in [5, 5.41) is 14.6. The van der Waals surface area contributed by atoms with Crippen molar-refractivity contribution in [2.24, 2.45) is 5.16 Å². The lowest BCUT2D eigenvalue weighted by atomic mass is 10.1. The molecule has 7 nitrogen and oxygen atoms in total. The maximum absolute atomic E-state index is 10.4. The smallest absolute Gasteiger partial charge is 0.205 e. The molecule has 0 atom stereocenters. The van der Waals surface area contributed by atoms with E-state index in [0.29, 0.717) is 12.3 Å². The lowest BCUT2D eigenvalue weighted by Crippen LogP contribution is -2.44. The molecule has 144 valence electrons. The third-order valence-electron chi connectivity index (χ3n) is 4.43. The highest BCUT2D eigenvalue weighted by molar-refractivity contribution is 5.97. The standard InChI is InChI=1S/C20H26N4O3/c1-15-13-23(14-21-15)17-8-6-16(12-18(17)25)7-9-19-22-27-20(2,3)24(19)10-5-11-26-4/h6-9,12-14,25H,5,10-11H2,1-4H3. The quantitative estimate of drug-likeness (QED) is 0.757. The van der Waals surface area contributed by atoms with Gasteiger partial charge in [0.1, 0.15) is 5.75 Å². The van der Waals surface area contributed by atoms with Crippen molar-refractivity contribution < 1.29 is 14.7 Å². The number of ether oxygens (including phenoxy) is 1. The highest BCUT2D eigenvalue weighted by Gasteiger charge is 2.35. The first-order valence-corrected chi connectivity index (χ1v) is 8.95. The maximum atomic E-state index is 10.4. The largest absolute Gasteiger partial charge is 0.506 e. The Hall–Kier alpha value is -2.80. The number of benzene rings is 1. The van der Waals surface area contributed by atoms with Crippen LogP contribution in [-0.4, -0.2) is 51.4 Å². The van der Waals surface area contributed by atoms with E-state index in [0.717, 1.165) is 30.1 Å². The minimum Gasteiger partial charge on any atom is -0.506 e. The van der Waals surface area contributed by atoms with Crippen LogP contribution in [0.5, 0.6) is 5.75 Å². The molecule has 0 saturated carbocycles. The third kappa shape index (κ3) is 4.31. The summed E-state index contributed by atoms with van der Waals surface area (Å²) in [6, 6.07) is 5.53. The lowest BCUT2D eigenvalue weighted by molar-refractivity contribution is -0.0696. The SMILES string of the molecule is COCCCN1C(C=Cc2ccc(-n3cnc(C)c3)c(O)c2)=NOC1(C)C. The Labute approximate surface area is 159 Å². The van der Waals surface area contributed by atoms with Crippen LogP contribution in [0.2, 0.25) is 0 Å². The molecular formula is C20H26N4O3. The molecule has 27 heavy (non-hydrogen) atoms. The fourth-order valence-electron chi connectivity index (χ4n) is 2.99. The van der Waals surface area contributed by atoms with E-state index in [1.54, 1.807) is 24.1 Å². The van der Waals surface area contributed by atoms with Gasteiger partial charge >= 0.3 is 0 Å². The molecule has 1 aromatic carbocycles. The first kappa shape index (κ1) is 19.0. The molecule has 0 fully saturated rings. The van der Waals surface area contributed by atoms with Crippen LogP contribution in [0, 0.1) is 6.92 Å². The van der Waals surface area contributed by atoms with Crippen molar-refractivity contribution in [3.63, 3.8) is 0 Å². The third-order valence-corrected chi connectivity index (χ3v) is 4.43. The van der Waals surface area contributed by atoms with Crippen LogP contribution in [0.1, 0.15) is 31.5 Å². The van der Waals surface area contributed by atoms with E-state index >= 15 is 0 Å². The normalized spacial score (nSPS) is 16.0. The van der Waals surface area contributed by atoms with E-state index in [1.807, 2.05) is 51.3 Å². The number of aromatic nitrogens is 2. The molecule has 0 unspecified atom stereocenters. The molecule has 1 aromatic heterocycles. The van der Waals surface area contributed by atoms with E-state index in [2.05, 4.69) is 15.0 Å². The average Bonchev–Trinajstić information content (AvgIpc) is 3.17. The summed E-state index contributed by atoms with van der Waals surface area (Å²) in [5.74, 6) is 0.946. The van der Waals surface area contributed by atoms with E-state index in [4.69, 9.17) is 9.57 Å². The summed E-state index contributed by atoms with van der Waals surface area (Å²) in [6.45, 7) is 7.35. The van der Waals surface area contributed by atoms with Crippen LogP contribution < -0.4 is 0 Å². The topological polar surface area (TPSA) is 72.1 Å². The van der Waals surface area contributed by atoms with Gasteiger partial charge in [-0.15, -0.1) is 0 Å². The Morgan fingerprint density at radius 1 is 1.30 bits per heavy atom. The predicted molar refractivity (Wildman–Crippen MR) is 105 cm³/mol. The lowest BCUT2D eigenvalue weighted by Gasteiger charge is -2.30. The Morgan fingerprint density at radius 3 is 2.78 bits per heavy atom. The number of phenols is 1. The second-order valence-corrected chi connectivity index (χ2v) is 6.99. The summed E-state index contributed by atoms with van der Waals surface area (Å²) < 4.78 is 6.94. The molecule has 0 bridgehead atoms. The van der Waals surface area contributed by atoms with Crippen molar-refractivity contribution in [2.75, 3.05) is 20.3 Å². The van der Waals surface area contributed by atoms with Gasteiger partial charge in [-0.25, -0.2) is 4.98 Å². The molecule has 0 saturated heterocycles. The first-order chi connectivity index (χ1) is 12.9. The summed E-state index contributed by atoms with van der Waals surface area (Å²) in [6.07, 6.45) is 8.25. The fraction of sp³-hybridized carbons (Fsp3) is 0.400. The molecule has 1 N–H and O–H groups in total. The van der Waals surface area contributed by atoms with Gasteiger partial charge in [-0.3, -0.25) is 0 Å². The number of aryl methyl sites for hydroxylation is 1. The van der Waals surface area contributed by atoms with Gasteiger partial charge in [-0.05, 0) is 51.0 Å². The number of rotatable bonds is 7. The van der Waals surface area contributed by atoms with Gasteiger partial charge in [0.15, 0.2) is 5.84 Å². The number of hydrogen-bond donors (Lipinski definition) is 1. The molecule has 2 heterocycles. The van der Waals surface area contributed by atoms with Crippen LogP contribution in [0.4, 0.5) is 0 Å². The van der Waals surface area contributed by atoms with Gasteiger partial charge in [-0.1, -0.05) is 17.3 Å². The molecule has 1 aliphatic rings. The number of nitrogens with zero attached hydrogens (tertiary/aromatic N) is 4. The second kappa shape index (κ2) is 7.84. The number of hydrogen-bond acceptors (Lipinski definition) is 6. The van der Waals surface area contributed by atoms with E-state index in [9.17, 15) is 5.11 Å². The number of methoxy groups -OCH3 is 1. The second-order valence-electron chi connectivity index (χ2n) is 6.99. The molecular weight excluding hydrogens is 344 g/mol. The zero-order valence-corrected chi connectivity index (χ0v) is 16.2. The van der Waals surface area contributed by atoms with Gasteiger partial charge in [0.2, 0.25) is 5.72 Å². The Kier molecular flexibility index (Phi) is 5.51. The monoisotopic (exact) mass is 370 g/mol. The van der Waals surface area contributed by atoms with Crippen LogP contribution >= 0.6 is 0 Å².